The second-order valence-corrected chi connectivity index (χ2v) is 4.72. The van der Waals surface area contributed by atoms with Gasteiger partial charge in [-0.2, -0.15) is 24.9 Å². The van der Waals surface area contributed by atoms with E-state index in [-0.39, 0.29) is 17.5 Å². The molecular formula is C6H10F3NS2. The Hall–Kier alpha value is 0.450. The lowest BCUT2D eigenvalue weighted by atomic mass is 10.4. The van der Waals surface area contributed by atoms with E-state index in [2.05, 4.69) is 5.32 Å². The largest absolute Gasteiger partial charge is 0.441 e. The molecule has 0 amide bonds. The van der Waals surface area contributed by atoms with Crippen molar-refractivity contribution in [2.75, 3.05) is 23.8 Å². The molecule has 1 saturated heterocycles. The Morgan fingerprint density at radius 1 is 1.42 bits per heavy atom. The zero-order valence-corrected chi connectivity index (χ0v) is 7.99. The van der Waals surface area contributed by atoms with Gasteiger partial charge in [0.15, 0.2) is 0 Å². The molecule has 72 valence electrons. The van der Waals surface area contributed by atoms with Gasteiger partial charge in [-0.3, -0.25) is 0 Å². The van der Waals surface area contributed by atoms with E-state index in [9.17, 15) is 13.2 Å². The van der Waals surface area contributed by atoms with Crippen LogP contribution in [0.1, 0.15) is 0 Å². The van der Waals surface area contributed by atoms with Crippen LogP contribution in [0.25, 0.3) is 0 Å². The molecule has 1 heterocycles. The molecule has 12 heavy (non-hydrogen) atoms. The fraction of sp³-hybridized carbons (Fsp3) is 1.00. The molecule has 1 rings (SSSR count). The van der Waals surface area contributed by atoms with E-state index < -0.39 is 5.51 Å². The summed E-state index contributed by atoms with van der Waals surface area (Å²) in [6, 6.07) is 0.448. The van der Waals surface area contributed by atoms with E-state index in [0.29, 0.717) is 12.6 Å². The van der Waals surface area contributed by atoms with Gasteiger partial charge in [-0.05, 0) is 11.8 Å². The predicted octanol–water partition coefficient (Wildman–Crippen LogP) is 1.94. The Balaban J connectivity index is 1.88. The summed E-state index contributed by atoms with van der Waals surface area (Å²) in [7, 11) is 0. The van der Waals surface area contributed by atoms with Crippen molar-refractivity contribution in [1.29, 1.82) is 0 Å². The molecule has 0 aliphatic carbocycles. The maximum Gasteiger partial charge on any atom is 0.441 e. The Morgan fingerprint density at radius 2 is 2.08 bits per heavy atom. The SMILES string of the molecule is FC(F)(F)SCCNC1CSC1. The molecule has 0 aromatic rings. The van der Waals surface area contributed by atoms with Crippen LogP contribution >= 0.6 is 23.5 Å². The van der Waals surface area contributed by atoms with Crippen molar-refractivity contribution in [3.8, 4) is 0 Å². The first-order valence-corrected chi connectivity index (χ1v) is 5.74. The van der Waals surface area contributed by atoms with Gasteiger partial charge in [0.1, 0.15) is 0 Å². The molecule has 0 bridgehead atoms. The van der Waals surface area contributed by atoms with Crippen LogP contribution in [0.5, 0.6) is 0 Å². The quantitative estimate of drug-likeness (QED) is 0.723. The lowest BCUT2D eigenvalue weighted by Gasteiger charge is -2.25. The molecule has 6 heteroatoms. The molecule has 0 spiro atoms. The third kappa shape index (κ3) is 4.47. The number of hydrogen-bond acceptors (Lipinski definition) is 3. The van der Waals surface area contributed by atoms with Gasteiger partial charge in [0.25, 0.3) is 0 Å². The first-order chi connectivity index (χ1) is 5.58. The number of nitrogens with one attached hydrogen (secondary N) is 1. The highest BCUT2D eigenvalue weighted by Gasteiger charge is 2.27. The smallest absolute Gasteiger partial charge is 0.312 e. The highest BCUT2D eigenvalue weighted by molar-refractivity contribution is 8.00. The summed E-state index contributed by atoms with van der Waals surface area (Å²) >= 11 is 1.86. The average molecular weight is 217 g/mol. The molecule has 1 fully saturated rings. The number of thioether (sulfide) groups is 2. The summed E-state index contributed by atoms with van der Waals surface area (Å²) in [6.07, 6.45) is 0. The molecule has 1 aliphatic rings. The highest BCUT2D eigenvalue weighted by Crippen LogP contribution is 2.29. The zero-order chi connectivity index (χ0) is 9.03. The Morgan fingerprint density at radius 3 is 2.50 bits per heavy atom. The fourth-order valence-corrected chi connectivity index (χ4v) is 1.94. The van der Waals surface area contributed by atoms with Crippen molar-refractivity contribution in [3.05, 3.63) is 0 Å². The van der Waals surface area contributed by atoms with E-state index in [1.165, 1.54) is 0 Å². The molecule has 0 aromatic heterocycles. The van der Waals surface area contributed by atoms with Crippen molar-refractivity contribution in [2.45, 2.75) is 11.6 Å². The van der Waals surface area contributed by atoms with Gasteiger partial charge in [0.2, 0.25) is 0 Å². The van der Waals surface area contributed by atoms with Crippen LogP contribution in [0.2, 0.25) is 0 Å². The van der Waals surface area contributed by atoms with E-state index >= 15 is 0 Å². The van der Waals surface area contributed by atoms with Crippen molar-refractivity contribution in [3.63, 3.8) is 0 Å². The van der Waals surface area contributed by atoms with E-state index in [4.69, 9.17) is 0 Å². The van der Waals surface area contributed by atoms with Crippen LogP contribution in [0, 0.1) is 0 Å². The van der Waals surface area contributed by atoms with Gasteiger partial charge in [-0.25, -0.2) is 0 Å². The minimum Gasteiger partial charge on any atom is -0.312 e. The molecule has 1 N–H and O–H groups in total. The minimum absolute atomic E-state index is 0.0408. The zero-order valence-electron chi connectivity index (χ0n) is 6.36. The Kier molecular flexibility index (Phi) is 4.05. The first kappa shape index (κ1) is 10.5. The fourth-order valence-electron chi connectivity index (χ4n) is 0.783. The second kappa shape index (κ2) is 4.62. The van der Waals surface area contributed by atoms with Gasteiger partial charge < -0.3 is 5.32 Å². The maximum atomic E-state index is 11.6. The molecular weight excluding hydrogens is 207 g/mol. The number of halogens is 3. The van der Waals surface area contributed by atoms with Crippen LogP contribution < -0.4 is 5.32 Å². The van der Waals surface area contributed by atoms with Gasteiger partial charge in [0, 0.05) is 29.8 Å². The van der Waals surface area contributed by atoms with E-state index in [1.807, 2.05) is 11.8 Å². The molecule has 0 saturated carbocycles. The lowest BCUT2D eigenvalue weighted by Crippen LogP contribution is -2.41. The molecule has 1 aliphatic heterocycles. The maximum absolute atomic E-state index is 11.6. The predicted molar refractivity (Wildman–Crippen MR) is 47.6 cm³/mol. The standard InChI is InChI=1S/C6H10F3NS2/c7-6(8,9)12-2-1-10-5-3-11-4-5/h5,10H,1-4H2. The summed E-state index contributed by atoms with van der Waals surface area (Å²) in [5, 5.41) is 3.05. The van der Waals surface area contributed by atoms with Crippen molar-refractivity contribution >= 4 is 23.5 Å². The van der Waals surface area contributed by atoms with Crippen molar-refractivity contribution < 1.29 is 13.2 Å². The summed E-state index contributed by atoms with van der Waals surface area (Å²) in [5.41, 5.74) is -4.07. The lowest BCUT2D eigenvalue weighted by molar-refractivity contribution is -0.0327. The summed E-state index contributed by atoms with van der Waals surface area (Å²) < 4.78 is 34.8. The average Bonchev–Trinajstić information content (AvgIpc) is 1.80. The summed E-state index contributed by atoms with van der Waals surface area (Å²) in [4.78, 5) is 0. The highest BCUT2D eigenvalue weighted by atomic mass is 32.2. The summed E-state index contributed by atoms with van der Waals surface area (Å²) in [6.45, 7) is 0.454. The van der Waals surface area contributed by atoms with Gasteiger partial charge in [0.05, 0.1) is 0 Å². The first-order valence-electron chi connectivity index (χ1n) is 3.60. The molecule has 0 atom stereocenters. The molecule has 0 radical (unpaired) electrons. The topological polar surface area (TPSA) is 12.0 Å². The molecule has 1 nitrogen and oxygen atoms in total. The van der Waals surface area contributed by atoms with Crippen LogP contribution in [0.4, 0.5) is 13.2 Å². The van der Waals surface area contributed by atoms with E-state index in [0.717, 1.165) is 11.5 Å². The molecule has 0 aromatic carbocycles. The Bertz CT molecular complexity index is 135. The third-order valence-electron chi connectivity index (χ3n) is 1.44. The van der Waals surface area contributed by atoms with Gasteiger partial charge in [-0.1, -0.05) is 0 Å². The monoisotopic (exact) mass is 217 g/mol. The second-order valence-electron chi connectivity index (χ2n) is 2.48. The minimum atomic E-state index is -4.07. The molecule has 0 unspecified atom stereocenters. The number of rotatable bonds is 4. The third-order valence-corrected chi connectivity index (χ3v) is 3.45. The van der Waals surface area contributed by atoms with Crippen LogP contribution in [-0.4, -0.2) is 35.4 Å². The van der Waals surface area contributed by atoms with Crippen molar-refractivity contribution in [2.24, 2.45) is 0 Å². The van der Waals surface area contributed by atoms with E-state index in [1.54, 1.807) is 0 Å². The number of hydrogen-bond donors (Lipinski definition) is 1. The normalized spacial score (nSPS) is 19.2. The number of alkyl halides is 3. The van der Waals surface area contributed by atoms with Crippen molar-refractivity contribution in [1.82, 2.24) is 5.32 Å². The van der Waals surface area contributed by atoms with Crippen LogP contribution in [-0.2, 0) is 0 Å². The van der Waals surface area contributed by atoms with Crippen LogP contribution in [0.3, 0.4) is 0 Å². The van der Waals surface area contributed by atoms with Gasteiger partial charge in [-0.15, -0.1) is 0 Å². The Labute approximate surface area is 77.9 Å². The van der Waals surface area contributed by atoms with Gasteiger partial charge >= 0.3 is 5.51 Å². The van der Waals surface area contributed by atoms with Crippen LogP contribution in [0.15, 0.2) is 0 Å². The summed E-state index contributed by atoms with van der Waals surface area (Å²) in [5.74, 6) is 2.19.